The monoisotopic (exact) mass is 255 g/mol. The highest BCUT2D eigenvalue weighted by molar-refractivity contribution is 4.84. The third-order valence-corrected chi connectivity index (χ3v) is 4.48. The largest absolute Gasteiger partial charge is 0.317 e. The fourth-order valence-electron chi connectivity index (χ4n) is 3.03. The van der Waals surface area contributed by atoms with Crippen LogP contribution in [0.25, 0.3) is 0 Å². The van der Waals surface area contributed by atoms with Crippen molar-refractivity contribution in [3.8, 4) is 0 Å². The molecule has 0 aliphatic carbocycles. The molecule has 18 heavy (non-hydrogen) atoms. The smallest absolute Gasteiger partial charge is 0.0223 e. The lowest BCUT2D eigenvalue weighted by molar-refractivity contribution is 0.103. The summed E-state index contributed by atoms with van der Waals surface area (Å²) in [7, 11) is 2.26. The van der Waals surface area contributed by atoms with E-state index in [4.69, 9.17) is 0 Å². The van der Waals surface area contributed by atoms with Gasteiger partial charge >= 0.3 is 0 Å². The quantitative estimate of drug-likeness (QED) is 0.783. The van der Waals surface area contributed by atoms with Crippen LogP contribution in [0.5, 0.6) is 0 Å². The van der Waals surface area contributed by atoms with E-state index in [1.807, 2.05) is 0 Å². The highest BCUT2D eigenvalue weighted by Crippen LogP contribution is 2.19. The lowest BCUT2D eigenvalue weighted by atomic mass is 9.99. The number of hydrogen-bond donors (Lipinski definition) is 1. The predicted octanol–water partition coefficient (Wildman–Crippen LogP) is 2.04. The molecule has 1 aliphatic rings. The standard InChI is InChI=1S/C15H33N3/c1-6-15-12-17(5)9-8-10-18(15)14(4)13(3)11-16-7-2/h13-16H,6-12H2,1-5H3. The maximum Gasteiger partial charge on any atom is 0.0223 e. The van der Waals surface area contributed by atoms with Crippen LogP contribution >= 0.6 is 0 Å². The second-order valence-electron chi connectivity index (χ2n) is 5.94. The van der Waals surface area contributed by atoms with E-state index in [-0.39, 0.29) is 0 Å². The Morgan fingerprint density at radius 1 is 1.22 bits per heavy atom. The molecule has 0 bridgehead atoms. The van der Waals surface area contributed by atoms with Crippen molar-refractivity contribution in [1.82, 2.24) is 15.1 Å². The summed E-state index contributed by atoms with van der Waals surface area (Å²) in [5, 5.41) is 3.49. The third kappa shape index (κ3) is 4.52. The Hall–Kier alpha value is -0.120. The van der Waals surface area contributed by atoms with Crippen LogP contribution in [0, 0.1) is 5.92 Å². The minimum atomic E-state index is 0.681. The number of likely N-dealkylation sites (N-methyl/N-ethyl adjacent to an activating group) is 1. The molecule has 3 atom stereocenters. The van der Waals surface area contributed by atoms with Crippen LogP contribution in [0.2, 0.25) is 0 Å². The molecule has 0 aromatic carbocycles. The van der Waals surface area contributed by atoms with Crippen molar-refractivity contribution in [3.63, 3.8) is 0 Å². The van der Waals surface area contributed by atoms with E-state index in [9.17, 15) is 0 Å². The van der Waals surface area contributed by atoms with Crippen LogP contribution in [0.1, 0.15) is 40.5 Å². The first-order valence-electron chi connectivity index (χ1n) is 7.75. The molecule has 0 saturated carbocycles. The summed E-state index contributed by atoms with van der Waals surface area (Å²) in [4.78, 5) is 5.25. The van der Waals surface area contributed by atoms with Gasteiger partial charge in [0.1, 0.15) is 0 Å². The summed E-state index contributed by atoms with van der Waals surface area (Å²) in [6.07, 6.45) is 2.58. The van der Waals surface area contributed by atoms with E-state index >= 15 is 0 Å². The van der Waals surface area contributed by atoms with Crippen molar-refractivity contribution >= 4 is 0 Å². The van der Waals surface area contributed by atoms with Crippen LogP contribution < -0.4 is 5.32 Å². The van der Waals surface area contributed by atoms with Crippen LogP contribution in [-0.2, 0) is 0 Å². The van der Waals surface area contributed by atoms with E-state index in [2.05, 4.69) is 49.9 Å². The molecular weight excluding hydrogens is 222 g/mol. The molecule has 0 aromatic rings. The van der Waals surface area contributed by atoms with Gasteiger partial charge in [0.2, 0.25) is 0 Å². The molecule has 0 radical (unpaired) electrons. The molecule has 1 fully saturated rings. The summed E-state index contributed by atoms with van der Waals surface area (Å²) in [5.41, 5.74) is 0. The van der Waals surface area contributed by atoms with Gasteiger partial charge in [0.25, 0.3) is 0 Å². The molecule has 1 saturated heterocycles. The van der Waals surface area contributed by atoms with E-state index in [0.29, 0.717) is 6.04 Å². The summed E-state index contributed by atoms with van der Waals surface area (Å²) < 4.78 is 0. The molecule has 0 spiro atoms. The summed E-state index contributed by atoms with van der Waals surface area (Å²) >= 11 is 0. The van der Waals surface area contributed by atoms with Crippen LogP contribution in [0.3, 0.4) is 0 Å². The van der Waals surface area contributed by atoms with Crippen molar-refractivity contribution in [2.24, 2.45) is 5.92 Å². The maximum atomic E-state index is 3.49. The lowest BCUT2D eigenvalue weighted by Gasteiger charge is -2.38. The third-order valence-electron chi connectivity index (χ3n) is 4.48. The Bertz CT molecular complexity index is 220. The van der Waals surface area contributed by atoms with Crippen LogP contribution in [0.4, 0.5) is 0 Å². The minimum absolute atomic E-state index is 0.681. The summed E-state index contributed by atoms with van der Waals surface area (Å²) in [6, 6.07) is 1.41. The SMILES string of the molecule is CCNCC(C)C(C)N1CCCN(C)CC1CC. The second-order valence-corrected chi connectivity index (χ2v) is 5.94. The average Bonchev–Trinajstić information content (AvgIpc) is 2.56. The summed E-state index contributed by atoms with van der Waals surface area (Å²) in [6.45, 7) is 15.3. The highest BCUT2D eigenvalue weighted by Gasteiger charge is 2.28. The molecule has 108 valence electrons. The average molecular weight is 255 g/mol. The number of nitrogens with zero attached hydrogens (tertiary/aromatic N) is 2. The van der Waals surface area contributed by atoms with E-state index in [1.165, 1.54) is 32.5 Å². The van der Waals surface area contributed by atoms with Gasteiger partial charge in [0.15, 0.2) is 0 Å². The van der Waals surface area contributed by atoms with Crippen molar-refractivity contribution in [2.75, 3.05) is 39.8 Å². The van der Waals surface area contributed by atoms with Gasteiger partial charge in [-0.05, 0) is 58.9 Å². The Kier molecular flexibility index (Phi) is 7.20. The van der Waals surface area contributed by atoms with Crippen molar-refractivity contribution in [1.29, 1.82) is 0 Å². The normalized spacial score (nSPS) is 26.8. The Morgan fingerprint density at radius 3 is 2.56 bits per heavy atom. The molecule has 1 aliphatic heterocycles. The van der Waals surface area contributed by atoms with Crippen LogP contribution in [0.15, 0.2) is 0 Å². The van der Waals surface area contributed by atoms with Crippen LogP contribution in [-0.4, -0.2) is 61.7 Å². The summed E-state index contributed by atoms with van der Waals surface area (Å²) in [5.74, 6) is 0.724. The molecule has 3 nitrogen and oxygen atoms in total. The second kappa shape index (κ2) is 8.13. The molecular formula is C15H33N3. The van der Waals surface area contributed by atoms with E-state index in [1.54, 1.807) is 0 Å². The van der Waals surface area contributed by atoms with Gasteiger partial charge in [0, 0.05) is 18.6 Å². The zero-order valence-corrected chi connectivity index (χ0v) is 13.1. The molecule has 0 amide bonds. The minimum Gasteiger partial charge on any atom is -0.317 e. The van der Waals surface area contributed by atoms with Gasteiger partial charge < -0.3 is 10.2 Å². The number of hydrogen-bond acceptors (Lipinski definition) is 3. The van der Waals surface area contributed by atoms with Crippen molar-refractivity contribution < 1.29 is 0 Å². The van der Waals surface area contributed by atoms with E-state index < -0.39 is 0 Å². The molecule has 0 aromatic heterocycles. The maximum absolute atomic E-state index is 3.49. The van der Waals surface area contributed by atoms with Gasteiger partial charge in [0.05, 0.1) is 0 Å². The molecule has 3 heteroatoms. The fraction of sp³-hybridized carbons (Fsp3) is 1.00. The molecule has 1 N–H and O–H groups in total. The topological polar surface area (TPSA) is 18.5 Å². The fourth-order valence-corrected chi connectivity index (χ4v) is 3.03. The first-order valence-corrected chi connectivity index (χ1v) is 7.75. The number of nitrogens with one attached hydrogen (secondary N) is 1. The molecule has 3 unspecified atom stereocenters. The van der Waals surface area contributed by atoms with E-state index in [0.717, 1.165) is 25.0 Å². The van der Waals surface area contributed by atoms with Crippen molar-refractivity contribution in [3.05, 3.63) is 0 Å². The molecule has 1 rings (SSSR count). The number of rotatable bonds is 6. The zero-order chi connectivity index (χ0) is 13.5. The van der Waals surface area contributed by atoms with Gasteiger partial charge in [-0.1, -0.05) is 20.8 Å². The van der Waals surface area contributed by atoms with Crippen molar-refractivity contribution in [2.45, 2.75) is 52.6 Å². The Morgan fingerprint density at radius 2 is 1.94 bits per heavy atom. The Balaban J connectivity index is 2.59. The van der Waals surface area contributed by atoms with Gasteiger partial charge in [-0.15, -0.1) is 0 Å². The zero-order valence-electron chi connectivity index (χ0n) is 13.1. The first-order chi connectivity index (χ1) is 8.60. The van der Waals surface area contributed by atoms with Gasteiger partial charge in [-0.25, -0.2) is 0 Å². The first kappa shape index (κ1) is 15.9. The molecule has 1 heterocycles. The highest BCUT2D eigenvalue weighted by atomic mass is 15.2. The van der Waals surface area contributed by atoms with Gasteiger partial charge in [-0.2, -0.15) is 0 Å². The van der Waals surface area contributed by atoms with Gasteiger partial charge in [-0.3, -0.25) is 4.90 Å². The predicted molar refractivity (Wildman–Crippen MR) is 80.1 cm³/mol. The lowest BCUT2D eigenvalue weighted by Crippen LogP contribution is -2.48. The Labute approximate surface area is 114 Å².